The van der Waals surface area contributed by atoms with Gasteiger partial charge in [0.15, 0.2) is 0 Å². The molecule has 3 aromatic carbocycles. The number of rotatable bonds is 12. The highest BCUT2D eigenvalue weighted by Gasteiger charge is 2.28. The topological polar surface area (TPSA) is 61.4 Å². The molecule has 0 saturated heterocycles. The van der Waals surface area contributed by atoms with Gasteiger partial charge in [-0.15, -0.1) is 0 Å². The summed E-state index contributed by atoms with van der Waals surface area (Å²) >= 11 is 3.47. The summed E-state index contributed by atoms with van der Waals surface area (Å²) in [6.07, 6.45) is 1.72. The SMILES string of the molecule is O=C(O)C(CNCCc1ccccc1)C(NCCc1ccccc1)c1ccc(Br)cc1. The Balaban J connectivity index is 1.64. The van der Waals surface area contributed by atoms with Crippen molar-refractivity contribution in [2.45, 2.75) is 18.9 Å². The molecule has 0 aromatic heterocycles. The fourth-order valence-electron chi connectivity index (χ4n) is 3.66. The first-order chi connectivity index (χ1) is 15.1. The summed E-state index contributed by atoms with van der Waals surface area (Å²) in [6.45, 7) is 1.85. The molecule has 0 aliphatic carbocycles. The molecule has 0 aliphatic heterocycles. The van der Waals surface area contributed by atoms with Crippen LogP contribution in [0.3, 0.4) is 0 Å². The van der Waals surface area contributed by atoms with Crippen LogP contribution in [0.1, 0.15) is 22.7 Å². The van der Waals surface area contributed by atoms with Crippen LogP contribution in [-0.2, 0) is 17.6 Å². The maximum absolute atomic E-state index is 12.2. The van der Waals surface area contributed by atoms with Gasteiger partial charge in [-0.2, -0.15) is 0 Å². The van der Waals surface area contributed by atoms with Gasteiger partial charge in [0.05, 0.1) is 5.92 Å². The average molecular weight is 481 g/mol. The fraction of sp³-hybridized carbons (Fsp3) is 0.269. The maximum atomic E-state index is 12.2. The van der Waals surface area contributed by atoms with Crippen LogP contribution in [0, 0.1) is 5.92 Å². The second kappa shape index (κ2) is 12.4. The number of aliphatic carboxylic acids is 1. The largest absolute Gasteiger partial charge is 0.481 e. The summed E-state index contributed by atoms with van der Waals surface area (Å²) < 4.78 is 0.979. The molecule has 5 heteroatoms. The zero-order valence-electron chi connectivity index (χ0n) is 17.5. The second-order valence-electron chi connectivity index (χ2n) is 7.60. The summed E-state index contributed by atoms with van der Waals surface area (Å²) in [5.74, 6) is -1.37. The number of carboxylic acids is 1. The highest BCUT2D eigenvalue weighted by molar-refractivity contribution is 9.10. The number of nitrogens with one attached hydrogen (secondary N) is 2. The molecule has 0 aliphatic rings. The zero-order chi connectivity index (χ0) is 21.9. The second-order valence-corrected chi connectivity index (χ2v) is 8.52. The molecule has 0 amide bonds. The van der Waals surface area contributed by atoms with E-state index in [0.717, 1.165) is 29.4 Å². The molecule has 3 aromatic rings. The quantitative estimate of drug-likeness (QED) is 0.324. The number of halogens is 1. The van der Waals surface area contributed by atoms with Crippen molar-refractivity contribution in [2.24, 2.45) is 5.92 Å². The number of carbonyl (C=O) groups is 1. The molecule has 2 unspecified atom stereocenters. The van der Waals surface area contributed by atoms with Crippen LogP contribution in [-0.4, -0.2) is 30.7 Å². The Bertz CT molecular complexity index is 917. The third-order valence-corrected chi connectivity index (χ3v) is 5.90. The van der Waals surface area contributed by atoms with E-state index in [0.29, 0.717) is 13.1 Å². The van der Waals surface area contributed by atoms with E-state index in [1.807, 2.05) is 60.7 Å². The van der Waals surface area contributed by atoms with E-state index < -0.39 is 11.9 Å². The molecule has 0 spiro atoms. The first-order valence-corrected chi connectivity index (χ1v) is 11.4. The minimum atomic E-state index is -0.799. The number of hydrogen-bond acceptors (Lipinski definition) is 3. The molecule has 0 bridgehead atoms. The number of carboxylic acid groups (broad SMARTS) is 1. The van der Waals surface area contributed by atoms with Crippen molar-refractivity contribution in [3.63, 3.8) is 0 Å². The average Bonchev–Trinajstić information content (AvgIpc) is 2.79. The first-order valence-electron chi connectivity index (χ1n) is 10.6. The van der Waals surface area contributed by atoms with Gasteiger partial charge in [-0.3, -0.25) is 4.79 Å². The normalized spacial score (nSPS) is 12.9. The molecule has 0 heterocycles. The smallest absolute Gasteiger partial charge is 0.309 e. The van der Waals surface area contributed by atoms with E-state index in [9.17, 15) is 9.90 Å². The molecule has 0 saturated carbocycles. The monoisotopic (exact) mass is 480 g/mol. The molecule has 3 N–H and O–H groups in total. The number of hydrogen-bond donors (Lipinski definition) is 3. The van der Waals surface area contributed by atoms with Crippen molar-refractivity contribution in [1.82, 2.24) is 10.6 Å². The summed E-state index contributed by atoms with van der Waals surface area (Å²) in [7, 11) is 0. The Labute approximate surface area is 192 Å². The zero-order valence-corrected chi connectivity index (χ0v) is 19.1. The Kier molecular flexibility index (Phi) is 9.28. The van der Waals surface area contributed by atoms with Gasteiger partial charge in [0.1, 0.15) is 0 Å². The third-order valence-electron chi connectivity index (χ3n) is 5.37. The molecule has 3 rings (SSSR count). The van der Waals surface area contributed by atoms with Crippen molar-refractivity contribution in [3.8, 4) is 0 Å². The molecule has 31 heavy (non-hydrogen) atoms. The van der Waals surface area contributed by atoms with Crippen LogP contribution in [0.25, 0.3) is 0 Å². The van der Waals surface area contributed by atoms with Crippen LogP contribution in [0.2, 0.25) is 0 Å². The van der Waals surface area contributed by atoms with Crippen molar-refractivity contribution in [3.05, 3.63) is 106 Å². The van der Waals surface area contributed by atoms with Gasteiger partial charge in [-0.1, -0.05) is 88.7 Å². The Morgan fingerprint density at radius 2 is 1.35 bits per heavy atom. The van der Waals surface area contributed by atoms with E-state index in [1.165, 1.54) is 11.1 Å². The summed E-state index contributed by atoms with van der Waals surface area (Å²) in [5.41, 5.74) is 3.46. The minimum absolute atomic E-state index is 0.279. The van der Waals surface area contributed by atoms with Gasteiger partial charge in [-0.05, 0) is 54.8 Å². The van der Waals surface area contributed by atoms with Crippen LogP contribution in [0.5, 0.6) is 0 Å². The molecule has 0 radical (unpaired) electrons. The van der Waals surface area contributed by atoms with Gasteiger partial charge >= 0.3 is 5.97 Å². The van der Waals surface area contributed by atoms with E-state index in [4.69, 9.17) is 0 Å². The van der Waals surface area contributed by atoms with Gasteiger partial charge in [0.25, 0.3) is 0 Å². The lowest BCUT2D eigenvalue weighted by atomic mass is 9.92. The molecule has 4 nitrogen and oxygen atoms in total. The van der Waals surface area contributed by atoms with Crippen LogP contribution < -0.4 is 10.6 Å². The standard InChI is InChI=1S/C26H29BrN2O2/c27-23-13-11-22(12-14-23)25(29-18-16-21-9-5-2-6-10-21)24(26(30)31)19-28-17-15-20-7-3-1-4-8-20/h1-14,24-25,28-29H,15-19H2,(H,30,31). The van der Waals surface area contributed by atoms with Crippen molar-refractivity contribution in [2.75, 3.05) is 19.6 Å². The van der Waals surface area contributed by atoms with Crippen LogP contribution >= 0.6 is 15.9 Å². The minimum Gasteiger partial charge on any atom is -0.481 e. The lowest BCUT2D eigenvalue weighted by molar-refractivity contribution is -0.142. The van der Waals surface area contributed by atoms with Crippen LogP contribution in [0.15, 0.2) is 89.4 Å². The predicted octanol–water partition coefficient (Wildman–Crippen LogP) is 4.86. The molecular weight excluding hydrogens is 452 g/mol. The molecule has 162 valence electrons. The Hall–Kier alpha value is -2.47. The van der Waals surface area contributed by atoms with E-state index in [-0.39, 0.29) is 6.04 Å². The lowest BCUT2D eigenvalue weighted by Gasteiger charge is -2.26. The highest BCUT2D eigenvalue weighted by Crippen LogP contribution is 2.24. The summed E-state index contributed by atoms with van der Waals surface area (Å²) in [4.78, 5) is 12.2. The van der Waals surface area contributed by atoms with E-state index in [2.05, 4.69) is 50.8 Å². The summed E-state index contributed by atoms with van der Waals surface area (Å²) in [6, 6.07) is 28.1. The predicted molar refractivity (Wildman–Crippen MR) is 129 cm³/mol. The van der Waals surface area contributed by atoms with Crippen LogP contribution in [0.4, 0.5) is 0 Å². The highest BCUT2D eigenvalue weighted by atomic mass is 79.9. The van der Waals surface area contributed by atoms with Gasteiger partial charge < -0.3 is 15.7 Å². The Morgan fingerprint density at radius 3 is 1.90 bits per heavy atom. The van der Waals surface area contributed by atoms with Crippen molar-refractivity contribution >= 4 is 21.9 Å². The third kappa shape index (κ3) is 7.62. The fourth-order valence-corrected chi connectivity index (χ4v) is 3.93. The van der Waals surface area contributed by atoms with Gasteiger partial charge in [0.2, 0.25) is 0 Å². The first kappa shape index (κ1) is 23.2. The van der Waals surface area contributed by atoms with E-state index in [1.54, 1.807) is 0 Å². The lowest BCUT2D eigenvalue weighted by Crippen LogP contribution is -2.40. The van der Waals surface area contributed by atoms with Crippen molar-refractivity contribution in [1.29, 1.82) is 0 Å². The van der Waals surface area contributed by atoms with Gasteiger partial charge in [0, 0.05) is 17.1 Å². The maximum Gasteiger partial charge on any atom is 0.309 e. The van der Waals surface area contributed by atoms with Crippen molar-refractivity contribution < 1.29 is 9.90 Å². The molecule has 0 fully saturated rings. The Morgan fingerprint density at radius 1 is 0.806 bits per heavy atom. The summed E-state index contributed by atoms with van der Waals surface area (Å²) in [5, 5.41) is 16.9. The van der Waals surface area contributed by atoms with E-state index >= 15 is 0 Å². The number of benzene rings is 3. The van der Waals surface area contributed by atoms with Gasteiger partial charge in [-0.25, -0.2) is 0 Å². The molecule has 2 atom stereocenters. The molecular formula is C26H29BrN2O2.